The van der Waals surface area contributed by atoms with Crippen molar-refractivity contribution >= 4 is 40.2 Å². The Morgan fingerprint density at radius 3 is 2.47 bits per heavy atom. The van der Waals surface area contributed by atoms with Crippen LogP contribution in [0, 0.1) is 0 Å². The van der Waals surface area contributed by atoms with E-state index >= 15 is 0 Å². The lowest BCUT2D eigenvalue weighted by Crippen LogP contribution is -2.45. The molecule has 10 heteroatoms. The summed E-state index contributed by atoms with van der Waals surface area (Å²) in [6, 6.07) is 23.2. The molecule has 8 nitrogen and oxygen atoms in total. The van der Waals surface area contributed by atoms with Gasteiger partial charge < -0.3 is 24.6 Å². The van der Waals surface area contributed by atoms with Crippen molar-refractivity contribution in [2.24, 2.45) is 7.05 Å². The van der Waals surface area contributed by atoms with E-state index in [1.807, 2.05) is 73.1 Å². The van der Waals surface area contributed by atoms with Crippen molar-refractivity contribution in [2.45, 2.75) is 38.0 Å². The number of carbonyl (C=O) groups excluding carboxylic acids is 1. The van der Waals surface area contributed by atoms with Crippen LogP contribution in [0.2, 0.25) is 10.0 Å². The molecule has 1 saturated heterocycles. The molecular formula is C35H35Cl2N5O3. The van der Waals surface area contributed by atoms with Gasteiger partial charge in [-0.25, -0.2) is 9.78 Å². The van der Waals surface area contributed by atoms with E-state index in [4.69, 9.17) is 32.9 Å². The molecule has 1 atom stereocenters. The van der Waals surface area contributed by atoms with Crippen molar-refractivity contribution in [1.82, 2.24) is 24.8 Å². The number of aromatic nitrogens is 3. The molecule has 6 rings (SSSR count). The van der Waals surface area contributed by atoms with Crippen molar-refractivity contribution in [1.29, 1.82) is 0 Å². The minimum atomic E-state index is -1.51. The fourth-order valence-electron chi connectivity index (χ4n) is 6.08. The Hall–Kier alpha value is -3.95. The number of aryl methyl sites for hydroxylation is 1. The number of nitrogens with one attached hydrogen (secondary N) is 1. The molecule has 0 radical (unpaired) electrons. The number of hydrogen-bond acceptors (Lipinski definition) is 6. The van der Waals surface area contributed by atoms with E-state index < -0.39 is 5.60 Å². The van der Waals surface area contributed by atoms with Gasteiger partial charge in [-0.3, -0.25) is 4.98 Å². The standard InChI is InChI=1S/C35H35Cl2N5O3/c1-3-45-34(43)42-15-13-28(14-16-42)39-20-29-19-30(23-5-4-6-27(37)17-23)31-18-25(9-12-32(31)40-29)35(44,33-21-38-22-41(33)2)24-7-10-26(36)11-8-24/h4-12,17-19,21-22,28,39,44H,3,13-16,20H2,1-2H3. The first-order valence-corrected chi connectivity index (χ1v) is 15.8. The molecule has 45 heavy (non-hydrogen) atoms. The Kier molecular flexibility index (Phi) is 9.10. The molecule has 232 valence electrons. The number of halogens is 2. The Bertz CT molecular complexity index is 1820. The minimum absolute atomic E-state index is 0.246. The first-order valence-electron chi connectivity index (χ1n) is 15.1. The fourth-order valence-corrected chi connectivity index (χ4v) is 6.40. The summed E-state index contributed by atoms with van der Waals surface area (Å²) >= 11 is 12.7. The summed E-state index contributed by atoms with van der Waals surface area (Å²) in [6.07, 6.45) is 4.79. The maximum Gasteiger partial charge on any atom is 0.409 e. The fraction of sp³-hybridized carbons (Fsp3) is 0.286. The van der Waals surface area contributed by atoms with Crippen molar-refractivity contribution in [3.05, 3.63) is 118 Å². The number of aliphatic hydroxyl groups is 1. The summed E-state index contributed by atoms with van der Waals surface area (Å²) in [4.78, 5) is 23.2. The summed E-state index contributed by atoms with van der Waals surface area (Å²) in [7, 11) is 1.86. The Labute approximate surface area is 272 Å². The number of carbonyl (C=O) groups is 1. The monoisotopic (exact) mass is 643 g/mol. The number of imidazole rings is 1. The molecule has 3 aromatic carbocycles. The molecule has 0 aliphatic carbocycles. The quantitative estimate of drug-likeness (QED) is 0.190. The van der Waals surface area contributed by atoms with Crippen molar-refractivity contribution in [3.8, 4) is 11.1 Å². The molecule has 1 fully saturated rings. The van der Waals surface area contributed by atoms with Gasteiger partial charge in [0.25, 0.3) is 0 Å². The lowest BCUT2D eigenvalue weighted by Gasteiger charge is -2.31. The molecule has 3 heterocycles. The first kappa shape index (κ1) is 31.0. The zero-order valence-corrected chi connectivity index (χ0v) is 26.7. The van der Waals surface area contributed by atoms with Crippen LogP contribution in [0.4, 0.5) is 4.79 Å². The van der Waals surface area contributed by atoms with Gasteiger partial charge in [0.2, 0.25) is 0 Å². The summed E-state index contributed by atoms with van der Waals surface area (Å²) in [5.74, 6) is 0. The van der Waals surface area contributed by atoms with Crippen LogP contribution in [0.1, 0.15) is 42.3 Å². The first-order chi connectivity index (χ1) is 21.8. The van der Waals surface area contributed by atoms with E-state index in [0.717, 1.165) is 40.6 Å². The molecule has 0 saturated carbocycles. The van der Waals surface area contributed by atoms with E-state index in [2.05, 4.69) is 16.4 Å². The lowest BCUT2D eigenvalue weighted by atomic mass is 9.82. The number of piperidine rings is 1. The molecule has 2 aromatic heterocycles. The number of benzene rings is 3. The Balaban J connectivity index is 1.37. The van der Waals surface area contributed by atoms with E-state index in [-0.39, 0.29) is 12.1 Å². The number of pyridine rings is 1. The third kappa shape index (κ3) is 6.42. The van der Waals surface area contributed by atoms with Gasteiger partial charge in [-0.1, -0.05) is 53.5 Å². The number of rotatable bonds is 8. The second kappa shape index (κ2) is 13.2. The second-order valence-electron chi connectivity index (χ2n) is 11.4. The van der Waals surface area contributed by atoms with Crippen LogP contribution < -0.4 is 5.32 Å². The van der Waals surface area contributed by atoms with Crippen molar-refractivity contribution < 1.29 is 14.6 Å². The van der Waals surface area contributed by atoms with Crippen molar-refractivity contribution in [2.75, 3.05) is 19.7 Å². The summed E-state index contributed by atoms with van der Waals surface area (Å²) in [5, 5.41) is 18.3. The maximum absolute atomic E-state index is 12.5. The molecule has 0 bridgehead atoms. The van der Waals surface area contributed by atoms with Gasteiger partial charge in [0.15, 0.2) is 5.60 Å². The van der Waals surface area contributed by atoms with Gasteiger partial charge in [0.1, 0.15) is 0 Å². The zero-order chi connectivity index (χ0) is 31.6. The Morgan fingerprint density at radius 2 is 1.78 bits per heavy atom. The highest BCUT2D eigenvalue weighted by Crippen LogP contribution is 2.40. The van der Waals surface area contributed by atoms with E-state index in [0.29, 0.717) is 53.1 Å². The van der Waals surface area contributed by atoms with Gasteiger partial charge in [-0.15, -0.1) is 0 Å². The summed E-state index contributed by atoms with van der Waals surface area (Å²) in [6.45, 7) is 4.09. The molecule has 1 aliphatic heterocycles. The highest BCUT2D eigenvalue weighted by Gasteiger charge is 2.37. The van der Waals surface area contributed by atoms with Gasteiger partial charge >= 0.3 is 6.09 Å². The normalized spacial score (nSPS) is 15.3. The number of likely N-dealkylation sites (tertiary alicyclic amines) is 1. The van der Waals surface area contributed by atoms with Gasteiger partial charge in [0, 0.05) is 48.2 Å². The van der Waals surface area contributed by atoms with Crippen LogP contribution in [-0.4, -0.2) is 56.4 Å². The van der Waals surface area contributed by atoms with E-state index in [1.165, 1.54) is 0 Å². The van der Waals surface area contributed by atoms with Gasteiger partial charge in [-0.05, 0) is 84.5 Å². The molecule has 5 aromatic rings. The Morgan fingerprint density at radius 1 is 1.02 bits per heavy atom. The van der Waals surface area contributed by atoms with Gasteiger partial charge in [-0.2, -0.15) is 0 Å². The zero-order valence-electron chi connectivity index (χ0n) is 25.2. The van der Waals surface area contributed by atoms with E-state index in [1.54, 1.807) is 29.6 Å². The third-order valence-electron chi connectivity index (χ3n) is 8.46. The van der Waals surface area contributed by atoms with Gasteiger partial charge in [0.05, 0.1) is 36.0 Å². The number of ether oxygens (including phenoxy) is 1. The highest BCUT2D eigenvalue weighted by atomic mass is 35.5. The lowest BCUT2D eigenvalue weighted by molar-refractivity contribution is 0.0949. The SMILES string of the molecule is CCOC(=O)N1CCC(NCc2cc(-c3cccc(Cl)c3)c3cc(C(O)(c4ccc(Cl)cc4)c4cncn4C)ccc3n2)CC1. The maximum atomic E-state index is 12.5. The van der Waals surface area contributed by atoms with Crippen LogP contribution in [0.3, 0.4) is 0 Å². The summed E-state index contributed by atoms with van der Waals surface area (Å²) in [5.41, 5.74) is 4.05. The highest BCUT2D eigenvalue weighted by molar-refractivity contribution is 6.31. The number of fused-ring (bicyclic) bond motifs is 1. The molecule has 1 unspecified atom stereocenters. The van der Waals surface area contributed by atoms with Crippen LogP contribution >= 0.6 is 23.2 Å². The molecular weight excluding hydrogens is 609 g/mol. The predicted molar refractivity (Wildman–Crippen MR) is 177 cm³/mol. The number of amides is 1. The smallest absolute Gasteiger partial charge is 0.409 e. The van der Waals surface area contributed by atoms with Crippen LogP contribution in [-0.2, 0) is 23.9 Å². The van der Waals surface area contributed by atoms with Crippen molar-refractivity contribution in [3.63, 3.8) is 0 Å². The van der Waals surface area contributed by atoms with Crippen LogP contribution in [0.15, 0.2) is 85.3 Å². The average Bonchev–Trinajstić information content (AvgIpc) is 3.49. The predicted octanol–water partition coefficient (Wildman–Crippen LogP) is 6.94. The third-order valence-corrected chi connectivity index (χ3v) is 8.94. The largest absolute Gasteiger partial charge is 0.450 e. The number of nitrogens with zero attached hydrogens (tertiary/aromatic N) is 4. The molecule has 1 aliphatic rings. The molecule has 1 amide bonds. The minimum Gasteiger partial charge on any atom is -0.450 e. The summed E-state index contributed by atoms with van der Waals surface area (Å²) < 4.78 is 6.98. The average molecular weight is 645 g/mol. The number of hydrogen-bond donors (Lipinski definition) is 2. The molecule has 0 spiro atoms. The van der Waals surface area contributed by atoms with Crippen LogP contribution in [0.5, 0.6) is 0 Å². The topological polar surface area (TPSA) is 92.5 Å². The van der Waals surface area contributed by atoms with E-state index in [9.17, 15) is 9.90 Å². The van der Waals surface area contributed by atoms with Crippen LogP contribution in [0.25, 0.3) is 22.0 Å². The second-order valence-corrected chi connectivity index (χ2v) is 12.2. The molecule has 2 N–H and O–H groups in total.